The molecule has 1 N–H and O–H groups in total. The summed E-state index contributed by atoms with van der Waals surface area (Å²) >= 11 is 6.02. The first-order chi connectivity index (χ1) is 9.89. The van der Waals surface area contributed by atoms with Gasteiger partial charge in [-0.1, -0.05) is 38.8 Å². The average molecular weight is 309 g/mol. The second-order valence-corrected chi connectivity index (χ2v) is 7.22. The van der Waals surface area contributed by atoms with E-state index in [0.29, 0.717) is 16.1 Å². The lowest BCUT2D eigenvalue weighted by atomic mass is 9.75. The van der Waals surface area contributed by atoms with E-state index in [1.165, 1.54) is 0 Å². The molecule has 1 aliphatic rings. The minimum absolute atomic E-state index is 0.0265. The largest absolute Gasteiger partial charge is 0.349 e. The zero-order valence-corrected chi connectivity index (χ0v) is 14.0. The molecule has 0 aromatic carbocycles. The number of aryl methyl sites for hydroxylation is 1. The average Bonchev–Trinajstić information content (AvgIpc) is 2.41. The third-order valence-electron chi connectivity index (χ3n) is 4.29. The quantitative estimate of drug-likeness (QED) is 0.838. The van der Waals surface area contributed by atoms with Crippen LogP contribution in [0.1, 0.15) is 68.9 Å². The fourth-order valence-corrected chi connectivity index (χ4v) is 3.10. The van der Waals surface area contributed by atoms with E-state index in [1.54, 1.807) is 6.07 Å². The van der Waals surface area contributed by atoms with Crippen LogP contribution in [0.4, 0.5) is 0 Å². The first-order valence-electron chi connectivity index (χ1n) is 7.87. The third-order valence-corrected chi connectivity index (χ3v) is 4.48. The van der Waals surface area contributed by atoms with E-state index in [2.05, 4.69) is 31.1 Å². The van der Waals surface area contributed by atoms with Gasteiger partial charge in [-0.2, -0.15) is 0 Å². The number of halogens is 1. The molecule has 1 amide bonds. The van der Waals surface area contributed by atoms with Gasteiger partial charge in [-0.15, -0.1) is 0 Å². The van der Waals surface area contributed by atoms with Crippen LogP contribution in [0.25, 0.3) is 0 Å². The van der Waals surface area contributed by atoms with Crippen molar-refractivity contribution < 1.29 is 4.79 Å². The van der Waals surface area contributed by atoms with Crippen molar-refractivity contribution in [2.45, 2.75) is 65.3 Å². The summed E-state index contributed by atoms with van der Waals surface area (Å²) in [6.07, 6.45) is 6.27. The Balaban J connectivity index is 2.00. The number of amides is 1. The van der Waals surface area contributed by atoms with Gasteiger partial charge in [0.1, 0.15) is 5.15 Å². The topological polar surface area (TPSA) is 42.0 Å². The lowest BCUT2D eigenvalue weighted by molar-refractivity contribution is 0.0909. The number of pyridine rings is 1. The van der Waals surface area contributed by atoms with Crippen molar-refractivity contribution in [1.29, 1.82) is 0 Å². The molecule has 1 fully saturated rings. The Labute approximate surface area is 132 Å². The minimum atomic E-state index is -0.0265. The Morgan fingerprint density at radius 3 is 2.67 bits per heavy atom. The number of carbonyl (C=O) groups is 1. The van der Waals surface area contributed by atoms with Crippen LogP contribution in [-0.2, 0) is 6.42 Å². The van der Waals surface area contributed by atoms with Gasteiger partial charge in [0, 0.05) is 17.3 Å². The molecule has 3 nitrogen and oxygen atoms in total. The van der Waals surface area contributed by atoms with Gasteiger partial charge in [-0.25, -0.2) is 4.98 Å². The maximum Gasteiger partial charge on any atom is 0.251 e. The standard InChI is InChI=1S/C17H25ClN2O/c1-4-5-14-10-12(11-15(18)19-14)16(21)20-13-6-8-17(2,3)9-7-13/h10-11,13H,4-9H2,1-3H3,(H,20,21). The molecule has 1 aromatic heterocycles. The number of nitrogens with zero attached hydrogens (tertiary/aromatic N) is 1. The van der Waals surface area contributed by atoms with E-state index in [-0.39, 0.29) is 11.9 Å². The molecule has 0 aliphatic heterocycles. The molecule has 0 atom stereocenters. The Morgan fingerprint density at radius 2 is 2.05 bits per heavy atom. The van der Waals surface area contributed by atoms with Crippen LogP contribution in [0.2, 0.25) is 5.15 Å². The van der Waals surface area contributed by atoms with Crippen LogP contribution < -0.4 is 5.32 Å². The van der Waals surface area contributed by atoms with E-state index >= 15 is 0 Å². The summed E-state index contributed by atoms with van der Waals surface area (Å²) in [6.45, 7) is 6.68. The molecule has 1 aliphatic carbocycles. The molecule has 0 unspecified atom stereocenters. The molecule has 0 saturated heterocycles. The summed E-state index contributed by atoms with van der Waals surface area (Å²) in [4.78, 5) is 16.6. The number of nitrogens with one attached hydrogen (secondary N) is 1. The van der Waals surface area contributed by atoms with E-state index in [0.717, 1.165) is 44.2 Å². The molecular formula is C17H25ClN2O. The lowest BCUT2D eigenvalue weighted by Gasteiger charge is -2.34. The van der Waals surface area contributed by atoms with Crippen LogP contribution in [0.3, 0.4) is 0 Å². The minimum Gasteiger partial charge on any atom is -0.349 e. The highest BCUT2D eigenvalue weighted by Crippen LogP contribution is 2.35. The Hall–Kier alpha value is -1.09. The highest BCUT2D eigenvalue weighted by molar-refractivity contribution is 6.29. The summed E-state index contributed by atoms with van der Waals surface area (Å²) in [5, 5.41) is 3.54. The van der Waals surface area contributed by atoms with Gasteiger partial charge < -0.3 is 5.32 Å². The molecule has 1 heterocycles. The first-order valence-corrected chi connectivity index (χ1v) is 8.25. The van der Waals surface area contributed by atoms with Gasteiger partial charge in [0.25, 0.3) is 5.91 Å². The van der Waals surface area contributed by atoms with Crippen molar-refractivity contribution in [2.24, 2.45) is 5.41 Å². The molecule has 21 heavy (non-hydrogen) atoms. The Bertz CT molecular complexity index is 504. The van der Waals surface area contributed by atoms with Gasteiger partial charge in [0.2, 0.25) is 0 Å². The smallest absolute Gasteiger partial charge is 0.251 e. The molecule has 4 heteroatoms. The Morgan fingerprint density at radius 1 is 1.38 bits per heavy atom. The van der Waals surface area contributed by atoms with E-state index in [1.807, 2.05) is 6.07 Å². The number of hydrogen-bond donors (Lipinski definition) is 1. The van der Waals surface area contributed by atoms with E-state index < -0.39 is 0 Å². The number of carbonyl (C=O) groups excluding carboxylic acids is 1. The maximum atomic E-state index is 12.4. The predicted octanol–water partition coefficient (Wildman–Crippen LogP) is 4.39. The number of aromatic nitrogens is 1. The normalized spacial score (nSPS) is 18.5. The van der Waals surface area contributed by atoms with Crippen molar-refractivity contribution in [3.63, 3.8) is 0 Å². The van der Waals surface area contributed by atoms with Gasteiger partial charge >= 0.3 is 0 Å². The van der Waals surface area contributed by atoms with E-state index in [4.69, 9.17) is 11.6 Å². The highest BCUT2D eigenvalue weighted by Gasteiger charge is 2.27. The summed E-state index contributed by atoms with van der Waals surface area (Å²) in [6, 6.07) is 3.80. The summed E-state index contributed by atoms with van der Waals surface area (Å²) in [5.41, 5.74) is 1.93. The zero-order valence-electron chi connectivity index (χ0n) is 13.2. The van der Waals surface area contributed by atoms with Crippen molar-refractivity contribution in [2.75, 3.05) is 0 Å². The molecule has 2 rings (SSSR count). The number of hydrogen-bond acceptors (Lipinski definition) is 2. The molecule has 0 bridgehead atoms. The van der Waals surface area contributed by atoms with Crippen molar-refractivity contribution in [3.05, 3.63) is 28.5 Å². The molecule has 116 valence electrons. The zero-order chi connectivity index (χ0) is 15.5. The maximum absolute atomic E-state index is 12.4. The molecule has 0 radical (unpaired) electrons. The molecule has 0 spiro atoms. The van der Waals surface area contributed by atoms with Gasteiger partial charge in [0.05, 0.1) is 0 Å². The fourth-order valence-electron chi connectivity index (χ4n) is 2.88. The van der Waals surface area contributed by atoms with Crippen molar-refractivity contribution in [3.8, 4) is 0 Å². The lowest BCUT2D eigenvalue weighted by Crippen LogP contribution is -2.39. The van der Waals surface area contributed by atoms with Crippen LogP contribution in [0, 0.1) is 5.41 Å². The highest BCUT2D eigenvalue weighted by atomic mass is 35.5. The second kappa shape index (κ2) is 6.78. The first kappa shape index (κ1) is 16.3. The molecule has 1 aromatic rings. The van der Waals surface area contributed by atoms with Gasteiger partial charge in [0.15, 0.2) is 0 Å². The molecular weight excluding hydrogens is 284 g/mol. The number of rotatable bonds is 4. The molecule has 1 saturated carbocycles. The van der Waals surface area contributed by atoms with Gasteiger partial charge in [-0.3, -0.25) is 4.79 Å². The SMILES string of the molecule is CCCc1cc(C(=O)NC2CCC(C)(C)CC2)cc(Cl)n1. The predicted molar refractivity (Wildman–Crippen MR) is 86.7 cm³/mol. The van der Waals surface area contributed by atoms with Crippen LogP contribution in [0.15, 0.2) is 12.1 Å². The van der Waals surface area contributed by atoms with E-state index in [9.17, 15) is 4.79 Å². The van der Waals surface area contributed by atoms with Gasteiger partial charge in [-0.05, 0) is 49.7 Å². The monoisotopic (exact) mass is 308 g/mol. The van der Waals surface area contributed by atoms with Crippen LogP contribution in [0.5, 0.6) is 0 Å². The summed E-state index contributed by atoms with van der Waals surface area (Å²) in [5.74, 6) is -0.0265. The van der Waals surface area contributed by atoms with Crippen molar-refractivity contribution in [1.82, 2.24) is 10.3 Å². The van der Waals surface area contributed by atoms with Crippen molar-refractivity contribution >= 4 is 17.5 Å². The van der Waals surface area contributed by atoms with Crippen LogP contribution in [-0.4, -0.2) is 16.9 Å². The second-order valence-electron chi connectivity index (χ2n) is 6.83. The summed E-state index contributed by atoms with van der Waals surface area (Å²) < 4.78 is 0. The third kappa shape index (κ3) is 4.70. The Kier molecular flexibility index (Phi) is 5.26. The fraction of sp³-hybridized carbons (Fsp3) is 0.647. The van der Waals surface area contributed by atoms with Crippen LogP contribution >= 0.6 is 11.6 Å². The summed E-state index contributed by atoms with van der Waals surface area (Å²) in [7, 11) is 0.